The van der Waals surface area contributed by atoms with Gasteiger partial charge in [-0.05, 0) is 23.5 Å². The number of tetrazole rings is 1. The minimum absolute atomic E-state index is 0.0289. The molecule has 0 aliphatic heterocycles. The van der Waals surface area contributed by atoms with Crippen LogP contribution < -0.4 is 11.3 Å². The highest BCUT2D eigenvalue weighted by Crippen LogP contribution is 2.53. The molecule has 1 aromatic rings. The molecule has 6 nitrogen and oxygen atoms in total. The molecule has 1 unspecified atom stereocenters. The fourth-order valence-electron chi connectivity index (χ4n) is 1.49. The van der Waals surface area contributed by atoms with E-state index in [0.717, 1.165) is 0 Å². The van der Waals surface area contributed by atoms with Gasteiger partial charge in [-0.25, -0.2) is 5.43 Å². The fourth-order valence-corrected chi connectivity index (χ4v) is 1.49. The Bertz CT molecular complexity index is 302. The smallest absolute Gasteiger partial charge is 0.193 e. The molecule has 0 bridgehead atoms. The molecule has 2 rings (SSSR count). The zero-order chi connectivity index (χ0) is 9.47. The highest BCUT2D eigenvalue weighted by molar-refractivity contribution is 5.05. The maximum absolute atomic E-state index is 5.47. The number of hydrazine groups is 1. The van der Waals surface area contributed by atoms with Crippen LogP contribution in [0.25, 0.3) is 0 Å². The lowest BCUT2D eigenvalue weighted by atomic mass is 9.99. The molecular formula is C7H14N6. The molecule has 13 heavy (non-hydrogen) atoms. The summed E-state index contributed by atoms with van der Waals surface area (Å²) in [5.41, 5.74) is 2.98. The summed E-state index contributed by atoms with van der Waals surface area (Å²) < 4.78 is 0. The average molecular weight is 182 g/mol. The predicted molar refractivity (Wildman–Crippen MR) is 46.2 cm³/mol. The molecule has 0 amide bonds. The summed E-state index contributed by atoms with van der Waals surface area (Å²) in [6.07, 6.45) is 2.33. The summed E-state index contributed by atoms with van der Waals surface area (Å²) in [6.45, 7) is 2.17. The maximum atomic E-state index is 5.47. The summed E-state index contributed by atoms with van der Waals surface area (Å²) in [6, 6.07) is 0.0289. The number of aryl methyl sites for hydroxylation is 1. The number of nitrogens with two attached hydrogens (primary N) is 1. The van der Waals surface area contributed by atoms with Gasteiger partial charge in [-0.2, -0.15) is 4.80 Å². The second-order valence-electron chi connectivity index (χ2n) is 3.89. The average Bonchev–Trinajstić information content (AvgIpc) is 2.67. The molecule has 0 saturated heterocycles. The number of hydrogen-bond donors (Lipinski definition) is 2. The number of nitrogens with zero attached hydrogens (tertiary/aromatic N) is 4. The molecule has 1 aliphatic rings. The van der Waals surface area contributed by atoms with Gasteiger partial charge in [0.1, 0.15) is 0 Å². The summed E-state index contributed by atoms with van der Waals surface area (Å²) >= 11 is 0. The van der Waals surface area contributed by atoms with Crippen molar-refractivity contribution in [2.24, 2.45) is 18.3 Å². The largest absolute Gasteiger partial charge is 0.271 e. The van der Waals surface area contributed by atoms with Crippen molar-refractivity contribution in [2.75, 3.05) is 0 Å². The highest BCUT2D eigenvalue weighted by Gasteiger charge is 2.47. The molecule has 0 aromatic carbocycles. The molecule has 1 atom stereocenters. The van der Waals surface area contributed by atoms with E-state index in [4.69, 9.17) is 5.84 Å². The third-order valence-corrected chi connectivity index (χ3v) is 2.68. The lowest BCUT2D eigenvalue weighted by molar-refractivity contribution is 0.355. The Morgan fingerprint density at radius 3 is 2.69 bits per heavy atom. The molecule has 0 spiro atoms. The first-order valence-electron chi connectivity index (χ1n) is 4.36. The molecule has 1 saturated carbocycles. The third-order valence-electron chi connectivity index (χ3n) is 2.68. The number of rotatable bonds is 3. The van der Waals surface area contributed by atoms with Crippen LogP contribution in [0.1, 0.15) is 31.6 Å². The Balaban J connectivity index is 2.22. The Morgan fingerprint density at radius 2 is 2.31 bits per heavy atom. The number of aromatic nitrogens is 4. The Kier molecular flexibility index (Phi) is 1.81. The van der Waals surface area contributed by atoms with E-state index < -0.39 is 0 Å². The van der Waals surface area contributed by atoms with Gasteiger partial charge in [0.2, 0.25) is 0 Å². The van der Waals surface area contributed by atoms with Crippen molar-refractivity contribution in [3.05, 3.63) is 5.82 Å². The van der Waals surface area contributed by atoms with Crippen LogP contribution >= 0.6 is 0 Å². The standard InChI is InChI=1S/C7H14N6/c1-7(3-4-7)5(9-8)6-10-12-13(2)11-6/h5,9H,3-4,8H2,1-2H3. The minimum atomic E-state index is 0.0289. The van der Waals surface area contributed by atoms with Crippen LogP contribution in [0, 0.1) is 5.41 Å². The molecule has 0 radical (unpaired) electrons. The van der Waals surface area contributed by atoms with Gasteiger partial charge in [0.25, 0.3) is 0 Å². The van der Waals surface area contributed by atoms with Crippen molar-refractivity contribution >= 4 is 0 Å². The number of nitrogens with one attached hydrogen (secondary N) is 1. The second kappa shape index (κ2) is 2.74. The number of hydrogen-bond acceptors (Lipinski definition) is 5. The van der Waals surface area contributed by atoms with E-state index in [2.05, 4.69) is 27.8 Å². The normalized spacial score (nSPS) is 21.5. The van der Waals surface area contributed by atoms with Crippen molar-refractivity contribution in [2.45, 2.75) is 25.8 Å². The van der Waals surface area contributed by atoms with E-state index in [1.54, 1.807) is 7.05 Å². The Morgan fingerprint density at radius 1 is 1.62 bits per heavy atom. The summed E-state index contributed by atoms with van der Waals surface area (Å²) in [4.78, 5) is 1.45. The summed E-state index contributed by atoms with van der Waals surface area (Å²) in [7, 11) is 1.75. The van der Waals surface area contributed by atoms with Crippen molar-refractivity contribution in [1.82, 2.24) is 25.6 Å². The van der Waals surface area contributed by atoms with Crippen molar-refractivity contribution < 1.29 is 0 Å². The lowest BCUT2D eigenvalue weighted by Gasteiger charge is -2.18. The van der Waals surface area contributed by atoms with E-state index in [-0.39, 0.29) is 11.5 Å². The zero-order valence-corrected chi connectivity index (χ0v) is 7.86. The molecule has 72 valence electrons. The first kappa shape index (κ1) is 8.58. The van der Waals surface area contributed by atoms with Gasteiger partial charge in [0, 0.05) is 0 Å². The second-order valence-corrected chi connectivity index (χ2v) is 3.89. The van der Waals surface area contributed by atoms with Crippen molar-refractivity contribution in [3.8, 4) is 0 Å². The van der Waals surface area contributed by atoms with E-state index in [1.807, 2.05) is 0 Å². The van der Waals surface area contributed by atoms with Gasteiger partial charge < -0.3 is 0 Å². The summed E-state index contributed by atoms with van der Waals surface area (Å²) in [5, 5.41) is 11.9. The van der Waals surface area contributed by atoms with Crippen LogP contribution in [0.5, 0.6) is 0 Å². The lowest BCUT2D eigenvalue weighted by Crippen LogP contribution is -2.34. The van der Waals surface area contributed by atoms with Gasteiger partial charge in [-0.15, -0.1) is 10.2 Å². The van der Waals surface area contributed by atoms with Gasteiger partial charge >= 0.3 is 0 Å². The molecule has 1 aliphatic carbocycles. The molecule has 1 fully saturated rings. The van der Waals surface area contributed by atoms with Gasteiger partial charge in [0.05, 0.1) is 13.1 Å². The molecule has 3 N–H and O–H groups in total. The Labute approximate surface area is 76.5 Å². The molecule has 1 heterocycles. The molecule has 6 heteroatoms. The topological polar surface area (TPSA) is 81.7 Å². The van der Waals surface area contributed by atoms with E-state index >= 15 is 0 Å². The zero-order valence-electron chi connectivity index (χ0n) is 7.86. The van der Waals surface area contributed by atoms with Gasteiger partial charge in [-0.1, -0.05) is 6.92 Å². The third kappa shape index (κ3) is 1.42. The minimum Gasteiger partial charge on any atom is -0.271 e. The van der Waals surface area contributed by atoms with Crippen LogP contribution in [0.4, 0.5) is 0 Å². The predicted octanol–water partition coefficient (Wildman–Crippen LogP) is -0.485. The highest BCUT2D eigenvalue weighted by atomic mass is 15.6. The van der Waals surface area contributed by atoms with E-state index in [1.165, 1.54) is 17.6 Å². The van der Waals surface area contributed by atoms with Crippen LogP contribution in [0.3, 0.4) is 0 Å². The van der Waals surface area contributed by atoms with Crippen LogP contribution in [0.2, 0.25) is 0 Å². The maximum Gasteiger partial charge on any atom is 0.193 e. The van der Waals surface area contributed by atoms with E-state index in [9.17, 15) is 0 Å². The van der Waals surface area contributed by atoms with Crippen molar-refractivity contribution in [1.29, 1.82) is 0 Å². The van der Waals surface area contributed by atoms with Gasteiger partial charge in [-0.3, -0.25) is 5.84 Å². The van der Waals surface area contributed by atoms with Crippen LogP contribution in [-0.4, -0.2) is 20.2 Å². The van der Waals surface area contributed by atoms with Crippen LogP contribution in [0.15, 0.2) is 0 Å². The van der Waals surface area contributed by atoms with Crippen molar-refractivity contribution in [3.63, 3.8) is 0 Å². The Hall–Kier alpha value is -1.01. The SMILES string of the molecule is Cn1nnc(C(NN)C2(C)CC2)n1. The molecular weight excluding hydrogens is 168 g/mol. The quantitative estimate of drug-likeness (QED) is 0.487. The summed E-state index contributed by atoms with van der Waals surface area (Å²) in [5.74, 6) is 6.16. The monoisotopic (exact) mass is 182 g/mol. The first-order valence-corrected chi connectivity index (χ1v) is 4.36. The molecule has 1 aromatic heterocycles. The van der Waals surface area contributed by atoms with Gasteiger partial charge in [0.15, 0.2) is 5.82 Å². The first-order chi connectivity index (χ1) is 6.15. The van der Waals surface area contributed by atoms with Crippen LogP contribution in [-0.2, 0) is 7.05 Å². The van der Waals surface area contributed by atoms with E-state index in [0.29, 0.717) is 5.82 Å². The fraction of sp³-hybridized carbons (Fsp3) is 0.857.